The minimum atomic E-state index is -0.228. The molecule has 0 fully saturated rings. The lowest BCUT2D eigenvalue weighted by molar-refractivity contribution is -0.686. The zero-order valence-electron chi connectivity index (χ0n) is 17.5. The molecule has 3 aromatic rings. The van der Waals surface area contributed by atoms with Gasteiger partial charge in [-0.25, -0.2) is 4.57 Å². The van der Waals surface area contributed by atoms with Crippen LogP contribution in [0.15, 0.2) is 48.8 Å². The highest BCUT2D eigenvalue weighted by molar-refractivity contribution is 5.63. The second kappa shape index (κ2) is 8.20. The molecule has 2 aromatic carbocycles. The van der Waals surface area contributed by atoms with Crippen LogP contribution >= 0.6 is 0 Å². The van der Waals surface area contributed by atoms with E-state index in [4.69, 9.17) is 15.2 Å². The maximum atomic E-state index is 9.98. The van der Waals surface area contributed by atoms with E-state index in [9.17, 15) is 5.11 Å². The van der Waals surface area contributed by atoms with Crippen molar-refractivity contribution in [2.24, 2.45) is 0 Å². The zero-order valence-corrected chi connectivity index (χ0v) is 17.5. The van der Waals surface area contributed by atoms with Crippen molar-refractivity contribution in [2.75, 3.05) is 33.5 Å². The number of anilines is 1. The van der Waals surface area contributed by atoms with Gasteiger partial charge in [0.1, 0.15) is 22.8 Å². The molecule has 0 spiro atoms. The largest absolute Gasteiger partial charge is 0.508 e. The van der Waals surface area contributed by atoms with Crippen molar-refractivity contribution < 1.29 is 19.1 Å². The average molecular weight is 407 g/mol. The number of aromatic nitrogens is 2. The van der Waals surface area contributed by atoms with E-state index in [-0.39, 0.29) is 11.7 Å². The number of phenolic OH excluding ortho intramolecular Hbond substituents is 1. The third-order valence-corrected chi connectivity index (χ3v) is 5.39. The van der Waals surface area contributed by atoms with Crippen LogP contribution in [0.2, 0.25) is 0 Å². The fraction of sp³-hybridized carbons (Fsp3) is 0.304. The van der Waals surface area contributed by atoms with E-state index in [1.54, 1.807) is 25.6 Å². The maximum Gasteiger partial charge on any atom is 0.306 e. The third-order valence-electron chi connectivity index (χ3n) is 5.39. The molecule has 30 heavy (non-hydrogen) atoms. The molecule has 7 nitrogen and oxygen atoms in total. The normalized spacial score (nSPS) is 14.7. The number of rotatable bonds is 6. The lowest BCUT2D eigenvalue weighted by Gasteiger charge is -2.28. The third kappa shape index (κ3) is 3.64. The summed E-state index contributed by atoms with van der Waals surface area (Å²) in [6, 6.07) is 13.0. The molecular weight excluding hydrogens is 380 g/mol. The summed E-state index contributed by atoms with van der Waals surface area (Å²) in [5.41, 5.74) is 9.35. The topological polar surface area (TPSA) is 84.7 Å². The van der Waals surface area contributed by atoms with E-state index in [2.05, 4.69) is 24.0 Å². The Labute approximate surface area is 176 Å². The van der Waals surface area contributed by atoms with Crippen LogP contribution in [-0.4, -0.2) is 42.7 Å². The first kappa shape index (κ1) is 20.0. The number of nitrogen functional groups attached to an aromatic ring is 1. The van der Waals surface area contributed by atoms with Gasteiger partial charge in [0.2, 0.25) is 12.1 Å². The van der Waals surface area contributed by atoms with E-state index in [0.29, 0.717) is 17.4 Å². The first-order valence-electron chi connectivity index (χ1n) is 9.95. The highest BCUT2D eigenvalue weighted by Gasteiger charge is 2.37. The number of para-hydroxylation sites is 1. The Hall–Kier alpha value is -3.32. The smallest absolute Gasteiger partial charge is 0.306 e. The van der Waals surface area contributed by atoms with Crippen LogP contribution in [0.4, 0.5) is 5.82 Å². The van der Waals surface area contributed by atoms with Crippen molar-refractivity contribution in [2.45, 2.75) is 18.9 Å². The fourth-order valence-corrected chi connectivity index (χ4v) is 3.94. The van der Waals surface area contributed by atoms with Crippen LogP contribution in [0.3, 0.4) is 0 Å². The Balaban J connectivity index is 1.86. The average Bonchev–Trinajstić information content (AvgIpc) is 2.73. The molecule has 0 saturated heterocycles. The molecule has 1 aliphatic heterocycles. The lowest BCUT2D eigenvalue weighted by Crippen LogP contribution is -2.40. The van der Waals surface area contributed by atoms with E-state index in [1.165, 1.54) is 0 Å². The summed E-state index contributed by atoms with van der Waals surface area (Å²) >= 11 is 0. The van der Waals surface area contributed by atoms with Crippen LogP contribution in [0.25, 0.3) is 0 Å². The van der Waals surface area contributed by atoms with Gasteiger partial charge in [-0.1, -0.05) is 29.2 Å². The minimum Gasteiger partial charge on any atom is -0.508 e. The minimum absolute atomic E-state index is 0.138. The molecule has 0 saturated carbocycles. The van der Waals surface area contributed by atoms with Gasteiger partial charge in [-0.3, -0.25) is 0 Å². The van der Waals surface area contributed by atoms with E-state index >= 15 is 0 Å². The summed E-state index contributed by atoms with van der Waals surface area (Å²) < 4.78 is 13.7. The van der Waals surface area contributed by atoms with Gasteiger partial charge >= 0.3 is 5.88 Å². The highest BCUT2D eigenvalue weighted by atomic mass is 16.5. The van der Waals surface area contributed by atoms with Gasteiger partial charge in [-0.15, -0.1) is 0 Å². The highest BCUT2D eigenvalue weighted by Crippen LogP contribution is 2.50. The number of nitrogens with zero attached hydrogens (tertiary/aromatic N) is 3. The molecule has 0 amide bonds. The molecule has 4 rings (SSSR count). The molecule has 3 N–H and O–H groups in total. The molecule has 1 aromatic heterocycles. The Morgan fingerprint density at radius 2 is 2.00 bits per heavy atom. The van der Waals surface area contributed by atoms with Crippen molar-refractivity contribution in [1.82, 2.24) is 9.88 Å². The summed E-state index contributed by atoms with van der Waals surface area (Å²) in [5, 5.41) is 9.98. The zero-order chi connectivity index (χ0) is 21.3. The quantitative estimate of drug-likeness (QED) is 0.478. The van der Waals surface area contributed by atoms with Gasteiger partial charge in [-0.2, -0.15) is 0 Å². The summed E-state index contributed by atoms with van der Waals surface area (Å²) in [5.74, 6) is 2.30. The molecule has 2 heterocycles. The molecule has 0 bridgehead atoms. The van der Waals surface area contributed by atoms with Gasteiger partial charge in [0.05, 0.1) is 19.6 Å². The number of phenols is 1. The Morgan fingerprint density at radius 1 is 1.20 bits per heavy atom. The van der Waals surface area contributed by atoms with Gasteiger partial charge in [0.25, 0.3) is 0 Å². The number of methoxy groups -OCH3 is 1. The predicted octanol–water partition coefficient (Wildman–Crippen LogP) is 2.90. The van der Waals surface area contributed by atoms with Crippen LogP contribution in [0.1, 0.15) is 29.0 Å². The molecule has 0 radical (unpaired) electrons. The second-order valence-electron chi connectivity index (χ2n) is 7.70. The van der Waals surface area contributed by atoms with Crippen molar-refractivity contribution in [1.29, 1.82) is 0 Å². The Morgan fingerprint density at radius 3 is 2.77 bits per heavy atom. The monoisotopic (exact) mass is 407 g/mol. The maximum absolute atomic E-state index is 9.98. The standard InChI is InChI=1S/C23H26N4O3/c1-26(2)11-6-12-27-14-25-23-21(22(27)24)20(16-7-4-5-8-18(16)29-3)17-10-9-15(28)13-19(17)30-23/h4-5,7-10,13-14,20,24,28H,6,11-12H2,1-3H3/p+1/t20-/m1/s1. The summed E-state index contributed by atoms with van der Waals surface area (Å²) in [7, 11) is 5.76. The summed E-state index contributed by atoms with van der Waals surface area (Å²) in [6.45, 7) is 1.71. The Bertz CT molecular complexity index is 1070. The molecule has 1 atom stereocenters. The molecule has 1 aliphatic rings. The molecule has 0 unspecified atom stereocenters. The van der Waals surface area contributed by atoms with Gasteiger partial charge < -0.3 is 25.2 Å². The number of hydrogen-bond donors (Lipinski definition) is 2. The number of ether oxygens (including phenoxy) is 2. The van der Waals surface area contributed by atoms with Crippen molar-refractivity contribution in [3.05, 3.63) is 65.5 Å². The van der Waals surface area contributed by atoms with Crippen molar-refractivity contribution >= 4 is 5.82 Å². The molecule has 0 aliphatic carbocycles. The van der Waals surface area contributed by atoms with Crippen LogP contribution in [0, 0.1) is 0 Å². The van der Waals surface area contributed by atoms with Crippen LogP contribution in [0.5, 0.6) is 23.1 Å². The Kier molecular flexibility index (Phi) is 5.46. The second-order valence-corrected chi connectivity index (χ2v) is 7.70. The van der Waals surface area contributed by atoms with Crippen molar-refractivity contribution in [3.63, 3.8) is 0 Å². The van der Waals surface area contributed by atoms with Gasteiger partial charge in [0.15, 0.2) is 0 Å². The van der Waals surface area contributed by atoms with Crippen LogP contribution < -0.4 is 19.8 Å². The van der Waals surface area contributed by atoms with E-state index < -0.39 is 0 Å². The van der Waals surface area contributed by atoms with E-state index in [1.807, 2.05) is 34.9 Å². The first-order valence-corrected chi connectivity index (χ1v) is 9.95. The molecule has 156 valence electrons. The lowest BCUT2D eigenvalue weighted by atomic mass is 9.83. The van der Waals surface area contributed by atoms with Crippen LogP contribution in [-0.2, 0) is 6.54 Å². The van der Waals surface area contributed by atoms with E-state index in [0.717, 1.165) is 42.0 Å². The molecular formula is C23H27N4O3+. The van der Waals surface area contributed by atoms with Gasteiger partial charge in [-0.05, 0) is 32.6 Å². The number of hydrogen-bond acceptors (Lipinski definition) is 6. The fourth-order valence-electron chi connectivity index (χ4n) is 3.94. The number of nitrogens with two attached hydrogens (primary N) is 1. The summed E-state index contributed by atoms with van der Waals surface area (Å²) in [4.78, 5) is 6.71. The van der Waals surface area contributed by atoms with Crippen molar-refractivity contribution in [3.8, 4) is 23.1 Å². The number of benzene rings is 2. The first-order chi connectivity index (χ1) is 14.5. The molecule has 7 heteroatoms. The predicted molar refractivity (Wildman–Crippen MR) is 114 cm³/mol. The SMILES string of the molecule is COc1ccccc1[C@@H]1c2ccc(O)cc2Oc2nc[n+](CCCN(C)C)c(N)c21. The number of aryl methyl sites for hydroxylation is 1. The number of aromatic hydroxyl groups is 1. The van der Waals surface area contributed by atoms with Gasteiger partial charge in [0, 0.05) is 23.7 Å². The number of fused-ring (bicyclic) bond motifs is 2. The summed E-state index contributed by atoms with van der Waals surface area (Å²) in [6.07, 6.45) is 2.67.